The Balaban J connectivity index is 1.84. The molecular formula is C14H12Cl2N2O3. The topological polar surface area (TPSA) is 64.3 Å². The van der Waals surface area contributed by atoms with E-state index in [2.05, 4.69) is 4.98 Å². The molecule has 1 fully saturated rings. The summed E-state index contributed by atoms with van der Waals surface area (Å²) in [6, 6.07) is 3.26. The van der Waals surface area contributed by atoms with Crippen LogP contribution in [0.2, 0.25) is 10.0 Å². The van der Waals surface area contributed by atoms with Crippen LogP contribution >= 0.6 is 23.2 Å². The van der Waals surface area contributed by atoms with Crippen LogP contribution in [-0.4, -0.2) is 20.6 Å². The first kappa shape index (κ1) is 14.2. The predicted molar refractivity (Wildman–Crippen MR) is 78.3 cm³/mol. The van der Waals surface area contributed by atoms with Crippen LogP contribution in [-0.2, 0) is 6.61 Å². The molecule has 1 aliphatic carbocycles. The molecule has 0 unspecified atom stereocenters. The van der Waals surface area contributed by atoms with Gasteiger partial charge >= 0.3 is 5.97 Å². The van der Waals surface area contributed by atoms with Crippen LogP contribution in [0.1, 0.15) is 34.9 Å². The number of ether oxygens (including phenoxy) is 1. The highest BCUT2D eigenvalue weighted by Gasteiger charge is 2.25. The van der Waals surface area contributed by atoms with Crippen LogP contribution < -0.4 is 4.74 Å². The van der Waals surface area contributed by atoms with E-state index >= 15 is 0 Å². The van der Waals surface area contributed by atoms with Crippen LogP contribution in [0.4, 0.5) is 0 Å². The van der Waals surface area contributed by atoms with Gasteiger partial charge in [-0.05, 0) is 25.0 Å². The van der Waals surface area contributed by atoms with Crippen molar-refractivity contribution in [3.8, 4) is 5.75 Å². The Morgan fingerprint density at radius 1 is 1.43 bits per heavy atom. The highest BCUT2D eigenvalue weighted by molar-refractivity contribution is 6.36. The molecule has 1 N–H and O–H groups in total. The van der Waals surface area contributed by atoms with E-state index in [1.165, 1.54) is 12.1 Å². The summed E-state index contributed by atoms with van der Waals surface area (Å²) in [7, 11) is 0. The molecular weight excluding hydrogens is 315 g/mol. The average molecular weight is 327 g/mol. The lowest BCUT2D eigenvalue weighted by molar-refractivity contribution is 0.0691. The molecule has 0 atom stereocenters. The summed E-state index contributed by atoms with van der Waals surface area (Å²) in [5.41, 5.74) is 0.838. The van der Waals surface area contributed by atoms with Gasteiger partial charge in [0.25, 0.3) is 0 Å². The first-order valence-electron chi connectivity index (χ1n) is 6.42. The Morgan fingerprint density at radius 2 is 2.19 bits per heavy atom. The molecule has 1 aromatic heterocycles. The lowest BCUT2D eigenvalue weighted by Crippen LogP contribution is -2.07. The van der Waals surface area contributed by atoms with Crippen molar-refractivity contribution in [3.63, 3.8) is 0 Å². The molecule has 0 spiro atoms. The maximum atomic E-state index is 11.3. The second-order valence-electron chi connectivity index (χ2n) is 4.88. The van der Waals surface area contributed by atoms with E-state index in [4.69, 9.17) is 27.9 Å². The summed E-state index contributed by atoms with van der Waals surface area (Å²) in [5.74, 6) is -1.01. The van der Waals surface area contributed by atoms with E-state index in [1.807, 2.05) is 4.57 Å². The normalized spacial score (nSPS) is 14.2. The van der Waals surface area contributed by atoms with Crippen LogP contribution in [0.5, 0.6) is 5.75 Å². The second-order valence-corrected chi connectivity index (χ2v) is 5.73. The third kappa shape index (κ3) is 2.99. The molecule has 3 rings (SSSR count). The molecule has 0 aliphatic heterocycles. The zero-order chi connectivity index (χ0) is 15.0. The van der Waals surface area contributed by atoms with Crippen LogP contribution in [0.15, 0.2) is 24.7 Å². The molecule has 1 aliphatic rings. The largest absolute Gasteiger partial charge is 0.485 e. The summed E-state index contributed by atoms with van der Waals surface area (Å²) in [6.07, 6.45) is 5.73. The third-order valence-corrected chi connectivity index (χ3v) is 3.79. The van der Waals surface area contributed by atoms with E-state index in [0.29, 0.717) is 6.04 Å². The van der Waals surface area contributed by atoms with Gasteiger partial charge in [0.05, 0.1) is 23.2 Å². The number of benzene rings is 1. The standard InChI is InChI=1S/C14H12Cl2N2O3/c15-8-3-11(14(19)20)13(12(16)4-8)21-6-10-5-17-7-18(10)9-1-2-9/h3-5,7,9H,1-2,6H2,(H,19,20). The number of carboxylic acid groups (broad SMARTS) is 1. The lowest BCUT2D eigenvalue weighted by atomic mass is 10.2. The summed E-state index contributed by atoms with van der Waals surface area (Å²) in [6.45, 7) is 0.206. The number of carboxylic acids is 1. The molecule has 1 saturated carbocycles. The molecule has 5 nitrogen and oxygen atoms in total. The molecule has 0 amide bonds. The quantitative estimate of drug-likeness (QED) is 0.907. The van der Waals surface area contributed by atoms with Crippen molar-refractivity contribution in [3.05, 3.63) is 46.0 Å². The number of hydrogen-bond acceptors (Lipinski definition) is 3. The van der Waals surface area contributed by atoms with Crippen molar-refractivity contribution in [2.45, 2.75) is 25.5 Å². The number of halogens is 2. The highest BCUT2D eigenvalue weighted by Crippen LogP contribution is 2.37. The SMILES string of the molecule is O=C(O)c1cc(Cl)cc(Cl)c1OCc1cncn1C1CC1. The molecule has 0 bridgehead atoms. The number of aromatic nitrogens is 2. The van der Waals surface area contributed by atoms with Gasteiger partial charge in [-0.15, -0.1) is 0 Å². The first-order valence-corrected chi connectivity index (χ1v) is 7.17. The Hall–Kier alpha value is -1.72. The fourth-order valence-electron chi connectivity index (χ4n) is 2.14. The van der Waals surface area contributed by atoms with Gasteiger partial charge in [-0.2, -0.15) is 0 Å². The first-order chi connectivity index (χ1) is 10.1. The van der Waals surface area contributed by atoms with Crippen molar-refractivity contribution >= 4 is 29.2 Å². The number of aromatic carboxylic acids is 1. The zero-order valence-electron chi connectivity index (χ0n) is 10.9. The number of carbonyl (C=O) groups is 1. The predicted octanol–water partition coefficient (Wildman–Crippen LogP) is 3.80. The smallest absolute Gasteiger partial charge is 0.339 e. The Labute approximate surface area is 131 Å². The third-order valence-electron chi connectivity index (χ3n) is 3.29. The van der Waals surface area contributed by atoms with Crippen molar-refractivity contribution < 1.29 is 14.6 Å². The lowest BCUT2D eigenvalue weighted by Gasteiger charge is -2.12. The zero-order valence-corrected chi connectivity index (χ0v) is 12.4. The van der Waals surface area contributed by atoms with Gasteiger partial charge in [0.2, 0.25) is 0 Å². The van der Waals surface area contributed by atoms with E-state index in [-0.39, 0.29) is 28.0 Å². The van der Waals surface area contributed by atoms with Crippen LogP contribution in [0, 0.1) is 0 Å². The monoisotopic (exact) mass is 326 g/mol. The number of hydrogen-bond donors (Lipinski definition) is 1. The Kier molecular flexibility index (Phi) is 3.78. The summed E-state index contributed by atoms with van der Waals surface area (Å²) >= 11 is 11.9. The molecule has 110 valence electrons. The highest BCUT2D eigenvalue weighted by atomic mass is 35.5. The minimum atomic E-state index is -1.13. The van der Waals surface area contributed by atoms with E-state index < -0.39 is 5.97 Å². The maximum absolute atomic E-state index is 11.3. The van der Waals surface area contributed by atoms with Crippen molar-refractivity contribution in [1.82, 2.24) is 9.55 Å². The molecule has 1 heterocycles. The molecule has 0 saturated heterocycles. The van der Waals surface area contributed by atoms with E-state index in [1.54, 1.807) is 12.5 Å². The van der Waals surface area contributed by atoms with Crippen LogP contribution in [0.3, 0.4) is 0 Å². The molecule has 2 aromatic rings. The maximum Gasteiger partial charge on any atom is 0.339 e. The Bertz CT molecular complexity index is 696. The minimum absolute atomic E-state index is 0.0509. The fourth-order valence-corrected chi connectivity index (χ4v) is 2.69. The van der Waals surface area contributed by atoms with Gasteiger partial charge < -0.3 is 14.4 Å². The van der Waals surface area contributed by atoms with Gasteiger partial charge in [-0.3, -0.25) is 0 Å². The van der Waals surface area contributed by atoms with Gasteiger partial charge in [0.1, 0.15) is 12.2 Å². The minimum Gasteiger partial charge on any atom is -0.485 e. The summed E-state index contributed by atoms with van der Waals surface area (Å²) in [4.78, 5) is 15.4. The number of rotatable bonds is 5. The van der Waals surface area contributed by atoms with Crippen molar-refractivity contribution in [1.29, 1.82) is 0 Å². The molecule has 0 radical (unpaired) electrons. The number of imidazole rings is 1. The van der Waals surface area contributed by atoms with Gasteiger partial charge in [0.15, 0.2) is 5.75 Å². The van der Waals surface area contributed by atoms with E-state index in [9.17, 15) is 9.90 Å². The van der Waals surface area contributed by atoms with Crippen molar-refractivity contribution in [2.75, 3.05) is 0 Å². The number of nitrogens with zero attached hydrogens (tertiary/aromatic N) is 2. The molecule has 1 aromatic carbocycles. The molecule has 21 heavy (non-hydrogen) atoms. The van der Waals surface area contributed by atoms with Gasteiger partial charge in [0, 0.05) is 11.1 Å². The van der Waals surface area contributed by atoms with Crippen molar-refractivity contribution in [2.24, 2.45) is 0 Å². The average Bonchev–Trinajstić information content (AvgIpc) is 3.16. The molecule has 7 heteroatoms. The Morgan fingerprint density at radius 3 is 2.86 bits per heavy atom. The fraction of sp³-hybridized carbons (Fsp3) is 0.286. The van der Waals surface area contributed by atoms with E-state index in [0.717, 1.165) is 18.5 Å². The second kappa shape index (κ2) is 5.58. The van der Waals surface area contributed by atoms with Gasteiger partial charge in [-0.25, -0.2) is 9.78 Å². The van der Waals surface area contributed by atoms with Gasteiger partial charge in [-0.1, -0.05) is 23.2 Å². The summed E-state index contributed by atoms with van der Waals surface area (Å²) < 4.78 is 7.66. The summed E-state index contributed by atoms with van der Waals surface area (Å²) in [5, 5.41) is 9.65. The van der Waals surface area contributed by atoms with Crippen LogP contribution in [0.25, 0.3) is 0 Å².